The van der Waals surface area contributed by atoms with Gasteiger partial charge in [0.2, 0.25) is 15.9 Å². The van der Waals surface area contributed by atoms with Crippen LogP contribution in [0.25, 0.3) is 11.1 Å². The molecule has 1 aromatic carbocycles. The first-order valence-electron chi connectivity index (χ1n) is 9.35. The topological polar surface area (TPSA) is 74.1 Å². The number of furan rings is 1. The van der Waals surface area contributed by atoms with Crippen molar-refractivity contribution in [2.24, 2.45) is 0 Å². The average Bonchev–Trinajstić information content (AvgIpc) is 3.07. The van der Waals surface area contributed by atoms with Crippen molar-refractivity contribution in [2.45, 2.75) is 18.2 Å². The molecule has 1 fully saturated rings. The molecule has 8 heteroatoms. The summed E-state index contributed by atoms with van der Waals surface area (Å²) in [5, 5.41) is 0. The highest BCUT2D eigenvalue weighted by atomic mass is 32.2. The van der Waals surface area contributed by atoms with Gasteiger partial charge in [-0.2, -0.15) is 4.31 Å². The summed E-state index contributed by atoms with van der Waals surface area (Å²) in [5.74, 6) is 0.0294. The van der Waals surface area contributed by atoms with Gasteiger partial charge in [-0.25, -0.2) is 8.42 Å². The molecule has 1 aliphatic heterocycles. The minimum Gasteiger partial charge on any atom is -0.472 e. The zero-order valence-corrected chi connectivity index (χ0v) is 17.4. The van der Waals surface area contributed by atoms with Crippen LogP contribution in [-0.2, 0) is 14.8 Å². The molecule has 28 heavy (non-hydrogen) atoms. The number of hydrogen-bond donors (Lipinski definition) is 0. The van der Waals surface area contributed by atoms with Gasteiger partial charge in [0.25, 0.3) is 0 Å². The number of nitrogens with zero attached hydrogens (tertiary/aromatic N) is 3. The number of hydrogen-bond acceptors (Lipinski definition) is 5. The highest BCUT2D eigenvalue weighted by Gasteiger charge is 2.28. The number of sulfonamides is 1. The summed E-state index contributed by atoms with van der Waals surface area (Å²) in [7, 11) is -0.117. The monoisotopic (exact) mass is 405 g/mol. The van der Waals surface area contributed by atoms with Crippen LogP contribution in [-0.4, -0.2) is 75.2 Å². The largest absolute Gasteiger partial charge is 0.472 e. The van der Waals surface area contributed by atoms with E-state index < -0.39 is 10.0 Å². The fourth-order valence-electron chi connectivity index (χ4n) is 3.37. The minimum atomic E-state index is -3.57. The molecule has 7 nitrogen and oxygen atoms in total. The maximum Gasteiger partial charge on any atom is 0.243 e. The molecule has 1 aromatic heterocycles. The molecule has 0 unspecified atom stereocenters. The quantitative estimate of drug-likeness (QED) is 0.761. The zero-order valence-electron chi connectivity index (χ0n) is 16.6. The van der Waals surface area contributed by atoms with E-state index >= 15 is 0 Å². The second-order valence-corrected chi connectivity index (χ2v) is 9.25. The highest BCUT2D eigenvalue weighted by Crippen LogP contribution is 2.27. The van der Waals surface area contributed by atoms with Crippen molar-refractivity contribution in [3.05, 3.63) is 42.4 Å². The normalized spacial score (nSPS) is 16.7. The van der Waals surface area contributed by atoms with Crippen LogP contribution in [0, 0.1) is 6.92 Å². The Morgan fingerprint density at radius 2 is 1.93 bits per heavy atom. The van der Waals surface area contributed by atoms with E-state index in [4.69, 9.17) is 4.42 Å². The predicted molar refractivity (Wildman–Crippen MR) is 107 cm³/mol. The first-order chi connectivity index (χ1) is 13.3. The van der Waals surface area contributed by atoms with Crippen molar-refractivity contribution < 1.29 is 17.6 Å². The van der Waals surface area contributed by atoms with Crippen LogP contribution in [0.3, 0.4) is 0 Å². The maximum atomic E-state index is 13.1. The van der Waals surface area contributed by atoms with E-state index in [-0.39, 0.29) is 5.91 Å². The van der Waals surface area contributed by atoms with Gasteiger partial charge in [0.05, 0.1) is 24.0 Å². The third-order valence-electron chi connectivity index (χ3n) is 5.07. The fraction of sp³-hybridized carbons (Fsp3) is 0.450. The van der Waals surface area contributed by atoms with Crippen molar-refractivity contribution >= 4 is 15.9 Å². The van der Waals surface area contributed by atoms with Gasteiger partial charge in [-0.05, 0) is 49.2 Å². The van der Waals surface area contributed by atoms with Gasteiger partial charge in [0, 0.05) is 39.3 Å². The van der Waals surface area contributed by atoms with Crippen LogP contribution in [0.15, 0.2) is 46.1 Å². The molecule has 3 rings (SSSR count). The van der Waals surface area contributed by atoms with E-state index in [0.29, 0.717) is 44.0 Å². The number of benzene rings is 1. The van der Waals surface area contributed by atoms with Gasteiger partial charge >= 0.3 is 0 Å². The summed E-state index contributed by atoms with van der Waals surface area (Å²) in [5.41, 5.74) is 2.77. The van der Waals surface area contributed by atoms with Crippen LogP contribution in [0.4, 0.5) is 0 Å². The van der Waals surface area contributed by atoms with Crippen molar-refractivity contribution in [3.8, 4) is 11.1 Å². The first-order valence-corrected chi connectivity index (χ1v) is 10.8. The molecular formula is C20H27N3O4S. The molecule has 0 spiro atoms. The third-order valence-corrected chi connectivity index (χ3v) is 6.97. The lowest BCUT2D eigenvalue weighted by Gasteiger charge is -2.22. The molecule has 152 valence electrons. The molecule has 0 saturated carbocycles. The van der Waals surface area contributed by atoms with Crippen molar-refractivity contribution in [3.63, 3.8) is 0 Å². The van der Waals surface area contributed by atoms with Crippen LogP contribution in [0.5, 0.6) is 0 Å². The van der Waals surface area contributed by atoms with E-state index in [9.17, 15) is 13.2 Å². The molecule has 1 amide bonds. The van der Waals surface area contributed by atoms with Crippen LogP contribution in [0.2, 0.25) is 0 Å². The molecule has 0 bridgehead atoms. The Balaban J connectivity index is 1.74. The van der Waals surface area contributed by atoms with Crippen molar-refractivity contribution in [2.75, 3.05) is 46.8 Å². The number of carbonyl (C=O) groups is 1. The van der Waals surface area contributed by atoms with Crippen LogP contribution in [0.1, 0.15) is 12.0 Å². The zero-order chi connectivity index (χ0) is 20.3. The van der Waals surface area contributed by atoms with Gasteiger partial charge in [0.1, 0.15) is 0 Å². The molecule has 1 aliphatic rings. The molecule has 2 heterocycles. The number of amides is 1. The van der Waals surface area contributed by atoms with Crippen molar-refractivity contribution in [1.29, 1.82) is 0 Å². The Labute approximate surface area is 166 Å². The second kappa shape index (κ2) is 8.46. The third kappa shape index (κ3) is 4.45. The summed E-state index contributed by atoms with van der Waals surface area (Å²) in [6.07, 6.45) is 3.95. The highest BCUT2D eigenvalue weighted by molar-refractivity contribution is 7.89. The van der Waals surface area contributed by atoms with Crippen LogP contribution < -0.4 is 0 Å². The predicted octanol–water partition coefficient (Wildman–Crippen LogP) is 2.04. The standard InChI is InChI=1S/C20H27N3O4S/c1-16-13-18(5-6-19(16)17-7-12-27-15-17)28(25,26)23-9-4-8-22(10-11-23)14-20(24)21(2)3/h5-7,12-13,15H,4,8-11,14H2,1-3H3. The lowest BCUT2D eigenvalue weighted by Crippen LogP contribution is -2.39. The van der Waals surface area contributed by atoms with Gasteiger partial charge < -0.3 is 9.32 Å². The molecule has 1 saturated heterocycles. The Hall–Kier alpha value is -2.16. The lowest BCUT2D eigenvalue weighted by molar-refractivity contribution is -0.129. The Bertz CT molecular complexity index is 923. The Morgan fingerprint density at radius 1 is 1.14 bits per heavy atom. The number of aryl methyl sites for hydroxylation is 1. The summed E-state index contributed by atoms with van der Waals surface area (Å²) in [4.78, 5) is 15.8. The maximum absolute atomic E-state index is 13.1. The SMILES string of the molecule is Cc1cc(S(=O)(=O)N2CCCN(CC(=O)N(C)C)CC2)ccc1-c1ccoc1. The lowest BCUT2D eigenvalue weighted by atomic mass is 10.0. The molecule has 0 radical (unpaired) electrons. The first kappa shape index (κ1) is 20.6. The smallest absolute Gasteiger partial charge is 0.243 e. The van der Waals surface area contributed by atoms with Gasteiger partial charge in [-0.1, -0.05) is 6.07 Å². The van der Waals surface area contributed by atoms with Gasteiger partial charge in [-0.3, -0.25) is 9.69 Å². The molecule has 0 N–H and O–H groups in total. The number of carbonyl (C=O) groups excluding carboxylic acids is 1. The molecule has 2 aromatic rings. The summed E-state index contributed by atoms with van der Waals surface area (Å²) in [6, 6.07) is 7.06. The molecule has 0 aliphatic carbocycles. The number of rotatable bonds is 5. The minimum absolute atomic E-state index is 0.0294. The summed E-state index contributed by atoms with van der Waals surface area (Å²) >= 11 is 0. The Morgan fingerprint density at radius 3 is 2.57 bits per heavy atom. The van der Waals surface area contributed by atoms with E-state index in [1.165, 1.54) is 4.31 Å². The molecule has 0 atom stereocenters. The van der Waals surface area contributed by atoms with E-state index in [1.54, 1.807) is 43.7 Å². The van der Waals surface area contributed by atoms with E-state index in [2.05, 4.69) is 0 Å². The fourth-order valence-corrected chi connectivity index (χ4v) is 4.92. The van der Waals surface area contributed by atoms with E-state index in [0.717, 1.165) is 16.7 Å². The molecular weight excluding hydrogens is 378 g/mol. The van der Waals surface area contributed by atoms with Crippen molar-refractivity contribution in [1.82, 2.24) is 14.1 Å². The summed E-state index contributed by atoms with van der Waals surface area (Å²) in [6.45, 7) is 4.32. The Kier molecular flexibility index (Phi) is 6.22. The second-order valence-electron chi connectivity index (χ2n) is 7.31. The summed E-state index contributed by atoms with van der Waals surface area (Å²) < 4.78 is 32.9. The van der Waals surface area contributed by atoms with Gasteiger partial charge in [-0.15, -0.1) is 0 Å². The van der Waals surface area contributed by atoms with E-state index in [1.807, 2.05) is 24.0 Å². The number of likely N-dealkylation sites (N-methyl/N-ethyl adjacent to an activating group) is 1. The van der Waals surface area contributed by atoms with Crippen LogP contribution >= 0.6 is 0 Å². The van der Waals surface area contributed by atoms with Gasteiger partial charge in [0.15, 0.2) is 0 Å². The average molecular weight is 406 g/mol.